The molecule has 0 aliphatic rings. The Morgan fingerprint density at radius 2 is 1.80 bits per heavy atom. The molecule has 0 bridgehead atoms. The lowest BCUT2D eigenvalue weighted by atomic mass is 9.80. The lowest BCUT2D eigenvalue weighted by molar-refractivity contribution is 0.0516. The fourth-order valence-electron chi connectivity index (χ4n) is 3.55. The Morgan fingerprint density at radius 3 is 2.20 bits per heavy atom. The maximum absolute atomic E-state index is 4.50. The highest BCUT2D eigenvalue weighted by atomic mass is 15.2. The van der Waals surface area contributed by atoms with Crippen molar-refractivity contribution in [3.8, 4) is 0 Å². The fraction of sp³-hybridized carbons (Fsp3) is 0.706. The summed E-state index contributed by atoms with van der Waals surface area (Å²) in [4.78, 5) is 7.11. The summed E-state index contributed by atoms with van der Waals surface area (Å²) in [6.07, 6.45) is 5.18. The molecule has 0 saturated heterocycles. The van der Waals surface area contributed by atoms with Crippen LogP contribution >= 0.6 is 0 Å². The van der Waals surface area contributed by atoms with Gasteiger partial charge in [-0.15, -0.1) is 0 Å². The Labute approximate surface area is 124 Å². The third kappa shape index (κ3) is 3.58. The number of hydrogen-bond acceptors (Lipinski definition) is 3. The molecular weight excluding hydrogens is 246 g/mol. The van der Waals surface area contributed by atoms with E-state index in [1.807, 2.05) is 12.3 Å². The van der Waals surface area contributed by atoms with E-state index in [9.17, 15) is 0 Å². The molecule has 114 valence electrons. The minimum absolute atomic E-state index is 0.204. The molecule has 0 amide bonds. The monoisotopic (exact) mass is 277 g/mol. The highest BCUT2D eigenvalue weighted by Crippen LogP contribution is 2.29. The first-order valence-electron chi connectivity index (χ1n) is 8.00. The molecule has 3 heteroatoms. The van der Waals surface area contributed by atoms with Gasteiger partial charge in [-0.05, 0) is 45.1 Å². The molecule has 0 spiro atoms. The van der Waals surface area contributed by atoms with E-state index in [0.717, 1.165) is 32.4 Å². The second kappa shape index (κ2) is 8.38. The second-order valence-corrected chi connectivity index (χ2v) is 5.35. The predicted molar refractivity (Wildman–Crippen MR) is 87.0 cm³/mol. The molecule has 1 rings (SSSR count). The molecule has 0 radical (unpaired) electrons. The summed E-state index contributed by atoms with van der Waals surface area (Å²) in [5.74, 6) is 0. The standard InChI is InChI=1S/C17H31N3/c1-6-17(7-2,20(8-3)9-4)16(18-5)14-15-12-10-11-13-19-15/h10-13,16,18H,6-9,14H2,1-5H3. The zero-order valence-electron chi connectivity index (χ0n) is 13.8. The van der Waals surface area contributed by atoms with Gasteiger partial charge >= 0.3 is 0 Å². The van der Waals surface area contributed by atoms with Gasteiger partial charge in [-0.1, -0.05) is 33.8 Å². The lowest BCUT2D eigenvalue weighted by Crippen LogP contribution is -2.61. The summed E-state index contributed by atoms with van der Waals surface area (Å²) in [5.41, 5.74) is 1.38. The van der Waals surface area contributed by atoms with Crippen LogP contribution < -0.4 is 5.32 Å². The average molecular weight is 277 g/mol. The Hall–Kier alpha value is -0.930. The van der Waals surface area contributed by atoms with Crippen LogP contribution in [0.3, 0.4) is 0 Å². The van der Waals surface area contributed by atoms with E-state index >= 15 is 0 Å². The molecule has 20 heavy (non-hydrogen) atoms. The first-order valence-corrected chi connectivity index (χ1v) is 8.00. The van der Waals surface area contributed by atoms with E-state index in [2.05, 4.69) is 62.1 Å². The SMILES string of the molecule is CCN(CC)C(CC)(CC)C(Cc1ccccn1)NC. The van der Waals surface area contributed by atoms with Crippen LogP contribution in [-0.4, -0.2) is 41.6 Å². The van der Waals surface area contributed by atoms with Crippen LogP contribution in [0, 0.1) is 0 Å². The molecule has 1 aromatic heterocycles. The number of pyridine rings is 1. The summed E-state index contributed by atoms with van der Waals surface area (Å²) < 4.78 is 0. The maximum atomic E-state index is 4.50. The zero-order chi connectivity index (χ0) is 15.0. The van der Waals surface area contributed by atoms with Gasteiger partial charge in [0.15, 0.2) is 0 Å². The predicted octanol–water partition coefficient (Wildman–Crippen LogP) is 3.11. The average Bonchev–Trinajstić information content (AvgIpc) is 2.51. The number of nitrogens with one attached hydrogen (secondary N) is 1. The van der Waals surface area contributed by atoms with Crippen LogP contribution in [-0.2, 0) is 6.42 Å². The fourth-order valence-corrected chi connectivity index (χ4v) is 3.55. The van der Waals surface area contributed by atoms with E-state index in [4.69, 9.17) is 0 Å². The number of likely N-dealkylation sites (N-methyl/N-ethyl adjacent to an activating group) is 2. The Bertz CT molecular complexity index is 356. The van der Waals surface area contributed by atoms with Gasteiger partial charge < -0.3 is 5.32 Å². The zero-order valence-corrected chi connectivity index (χ0v) is 13.8. The molecule has 0 aromatic carbocycles. The van der Waals surface area contributed by atoms with Crippen LogP contribution in [0.15, 0.2) is 24.4 Å². The summed E-state index contributed by atoms with van der Waals surface area (Å²) in [6, 6.07) is 6.61. The molecule has 0 fully saturated rings. The normalized spacial score (nSPS) is 13.7. The van der Waals surface area contributed by atoms with Gasteiger partial charge in [0, 0.05) is 29.9 Å². The second-order valence-electron chi connectivity index (χ2n) is 5.35. The van der Waals surface area contributed by atoms with Crippen molar-refractivity contribution >= 4 is 0 Å². The summed E-state index contributed by atoms with van der Waals surface area (Å²) in [7, 11) is 2.08. The molecule has 1 atom stereocenters. The number of hydrogen-bond donors (Lipinski definition) is 1. The molecule has 0 aliphatic carbocycles. The highest BCUT2D eigenvalue weighted by molar-refractivity contribution is 5.09. The molecule has 0 saturated carbocycles. The van der Waals surface area contributed by atoms with E-state index < -0.39 is 0 Å². The van der Waals surface area contributed by atoms with Gasteiger partial charge in [0.25, 0.3) is 0 Å². The Kier molecular flexibility index (Phi) is 7.17. The van der Waals surface area contributed by atoms with Crippen LogP contribution in [0.4, 0.5) is 0 Å². The van der Waals surface area contributed by atoms with Gasteiger partial charge in [-0.2, -0.15) is 0 Å². The Morgan fingerprint density at radius 1 is 1.15 bits per heavy atom. The van der Waals surface area contributed by atoms with E-state index in [1.54, 1.807) is 0 Å². The third-order valence-corrected chi connectivity index (χ3v) is 4.75. The molecule has 1 heterocycles. The van der Waals surface area contributed by atoms with Crippen molar-refractivity contribution in [3.05, 3.63) is 30.1 Å². The van der Waals surface area contributed by atoms with Crippen LogP contribution in [0.25, 0.3) is 0 Å². The van der Waals surface area contributed by atoms with Gasteiger partial charge in [-0.3, -0.25) is 9.88 Å². The van der Waals surface area contributed by atoms with Gasteiger partial charge in [-0.25, -0.2) is 0 Å². The van der Waals surface area contributed by atoms with Gasteiger partial charge in [0.1, 0.15) is 0 Å². The Balaban J connectivity index is 3.02. The molecule has 3 nitrogen and oxygen atoms in total. The van der Waals surface area contributed by atoms with Crippen LogP contribution in [0.2, 0.25) is 0 Å². The number of aromatic nitrogens is 1. The van der Waals surface area contributed by atoms with Crippen molar-refractivity contribution in [2.45, 2.75) is 58.5 Å². The van der Waals surface area contributed by atoms with E-state index in [-0.39, 0.29) is 5.54 Å². The van der Waals surface area contributed by atoms with Crippen molar-refractivity contribution in [1.29, 1.82) is 0 Å². The van der Waals surface area contributed by atoms with Crippen molar-refractivity contribution in [2.24, 2.45) is 0 Å². The maximum Gasteiger partial charge on any atom is 0.0419 e. The molecular formula is C17H31N3. The van der Waals surface area contributed by atoms with E-state index in [0.29, 0.717) is 6.04 Å². The van der Waals surface area contributed by atoms with Crippen LogP contribution in [0.5, 0.6) is 0 Å². The highest BCUT2D eigenvalue weighted by Gasteiger charge is 2.39. The number of rotatable bonds is 9. The summed E-state index contributed by atoms with van der Waals surface area (Å²) in [6.45, 7) is 11.3. The smallest absolute Gasteiger partial charge is 0.0419 e. The van der Waals surface area contributed by atoms with Gasteiger partial charge in [0.2, 0.25) is 0 Å². The molecule has 0 aliphatic heterocycles. The largest absolute Gasteiger partial charge is 0.315 e. The molecule has 1 N–H and O–H groups in total. The number of nitrogens with zero attached hydrogens (tertiary/aromatic N) is 2. The van der Waals surface area contributed by atoms with Gasteiger partial charge in [0.05, 0.1) is 0 Å². The van der Waals surface area contributed by atoms with Crippen LogP contribution in [0.1, 0.15) is 46.2 Å². The van der Waals surface area contributed by atoms with E-state index in [1.165, 1.54) is 5.69 Å². The topological polar surface area (TPSA) is 28.2 Å². The third-order valence-electron chi connectivity index (χ3n) is 4.75. The summed E-state index contributed by atoms with van der Waals surface area (Å²) in [5, 5.41) is 3.56. The first-order chi connectivity index (χ1) is 9.68. The first kappa shape index (κ1) is 17.1. The quantitative estimate of drug-likeness (QED) is 0.752. The van der Waals surface area contributed by atoms with Crippen molar-refractivity contribution in [2.75, 3.05) is 20.1 Å². The minimum Gasteiger partial charge on any atom is -0.315 e. The van der Waals surface area contributed by atoms with Crippen molar-refractivity contribution in [1.82, 2.24) is 15.2 Å². The minimum atomic E-state index is 0.204. The summed E-state index contributed by atoms with van der Waals surface area (Å²) >= 11 is 0. The lowest BCUT2D eigenvalue weighted by Gasteiger charge is -2.48. The molecule has 1 aromatic rings. The van der Waals surface area contributed by atoms with Crippen molar-refractivity contribution in [3.63, 3.8) is 0 Å². The molecule has 1 unspecified atom stereocenters. The van der Waals surface area contributed by atoms with Crippen molar-refractivity contribution < 1.29 is 0 Å².